The maximum absolute atomic E-state index is 13.3. The smallest absolute Gasteiger partial charge is 0.325 e. The minimum absolute atomic E-state index is 0.0855. The predicted molar refractivity (Wildman–Crippen MR) is 108 cm³/mol. The van der Waals surface area contributed by atoms with Crippen LogP contribution in [0.15, 0.2) is 24.3 Å². The van der Waals surface area contributed by atoms with Gasteiger partial charge in [-0.3, -0.25) is 24.1 Å². The number of hydrogen-bond acceptors (Lipinski definition) is 6. The number of anilines is 1. The lowest BCUT2D eigenvalue weighted by Gasteiger charge is -2.48. The summed E-state index contributed by atoms with van der Waals surface area (Å²) < 4.78 is 10.0. The van der Waals surface area contributed by atoms with Crippen molar-refractivity contribution >= 4 is 29.4 Å². The van der Waals surface area contributed by atoms with Crippen LogP contribution < -0.4 is 4.90 Å². The molecule has 1 unspecified atom stereocenters. The largest absolute Gasteiger partial charge is 0.465 e. The molecule has 0 aliphatic carbocycles. The van der Waals surface area contributed by atoms with E-state index < -0.39 is 17.5 Å². The third-order valence-corrected chi connectivity index (χ3v) is 5.58. The van der Waals surface area contributed by atoms with Gasteiger partial charge in [0.15, 0.2) is 0 Å². The molecule has 0 bridgehead atoms. The van der Waals surface area contributed by atoms with Gasteiger partial charge in [-0.15, -0.1) is 0 Å². The van der Waals surface area contributed by atoms with E-state index in [1.807, 2.05) is 0 Å². The van der Waals surface area contributed by atoms with Crippen molar-refractivity contribution in [3.05, 3.63) is 29.8 Å². The summed E-state index contributed by atoms with van der Waals surface area (Å²) in [7, 11) is 1.50. The van der Waals surface area contributed by atoms with Crippen molar-refractivity contribution in [3.63, 3.8) is 0 Å². The highest BCUT2D eigenvalue weighted by Crippen LogP contribution is 2.43. The molecule has 9 heteroatoms. The van der Waals surface area contributed by atoms with E-state index >= 15 is 0 Å². The van der Waals surface area contributed by atoms with Gasteiger partial charge in [-0.2, -0.15) is 0 Å². The first-order valence-corrected chi connectivity index (χ1v) is 10.00. The molecule has 0 aromatic heterocycles. The SMILES string of the molecule is CCOC(=O)CN(CCOC)C(=O)CN1C(=O)c2ccccc2N2C(=O)CCC12C. The second-order valence-corrected chi connectivity index (χ2v) is 7.47. The van der Waals surface area contributed by atoms with Crippen molar-refractivity contribution in [1.82, 2.24) is 9.80 Å². The van der Waals surface area contributed by atoms with Crippen molar-refractivity contribution in [1.29, 1.82) is 0 Å². The van der Waals surface area contributed by atoms with Crippen molar-refractivity contribution in [2.24, 2.45) is 0 Å². The number of rotatable bonds is 8. The summed E-state index contributed by atoms with van der Waals surface area (Å²) in [5.74, 6) is -1.33. The number of hydrogen-bond donors (Lipinski definition) is 0. The van der Waals surface area contributed by atoms with Gasteiger partial charge < -0.3 is 19.3 Å². The van der Waals surface area contributed by atoms with Crippen LogP contribution in [0.2, 0.25) is 0 Å². The first-order chi connectivity index (χ1) is 14.3. The van der Waals surface area contributed by atoms with Crippen LogP contribution in [0.25, 0.3) is 0 Å². The number of amides is 3. The molecule has 1 aromatic rings. The summed E-state index contributed by atoms with van der Waals surface area (Å²) in [4.78, 5) is 55.3. The second-order valence-electron chi connectivity index (χ2n) is 7.47. The zero-order chi connectivity index (χ0) is 21.9. The topological polar surface area (TPSA) is 96.5 Å². The average molecular weight is 417 g/mol. The fraction of sp³-hybridized carbons (Fsp3) is 0.524. The Morgan fingerprint density at radius 3 is 2.67 bits per heavy atom. The Kier molecular flexibility index (Phi) is 6.40. The second kappa shape index (κ2) is 8.83. The van der Waals surface area contributed by atoms with Crippen molar-refractivity contribution in [2.75, 3.05) is 44.9 Å². The van der Waals surface area contributed by atoms with Gasteiger partial charge in [0, 0.05) is 20.1 Å². The Hall–Kier alpha value is -2.94. The summed E-state index contributed by atoms with van der Waals surface area (Å²) in [5, 5.41) is 0. The Balaban J connectivity index is 1.88. The Morgan fingerprint density at radius 1 is 1.23 bits per heavy atom. The molecular formula is C21H27N3O6. The van der Waals surface area contributed by atoms with Crippen LogP contribution >= 0.6 is 0 Å². The van der Waals surface area contributed by atoms with Gasteiger partial charge >= 0.3 is 5.97 Å². The molecule has 2 aliphatic rings. The molecular weight excluding hydrogens is 390 g/mol. The zero-order valence-electron chi connectivity index (χ0n) is 17.6. The van der Waals surface area contributed by atoms with E-state index in [1.54, 1.807) is 43.0 Å². The molecule has 0 radical (unpaired) electrons. The first kappa shape index (κ1) is 21.8. The fourth-order valence-corrected chi connectivity index (χ4v) is 4.03. The molecule has 2 heterocycles. The van der Waals surface area contributed by atoms with Crippen molar-refractivity contribution < 1.29 is 28.7 Å². The number of fused-ring (bicyclic) bond motifs is 3. The van der Waals surface area contributed by atoms with Crippen LogP contribution in [-0.2, 0) is 23.9 Å². The van der Waals surface area contributed by atoms with E-state index in [0.29, 0.717) is 24.1 Å². The van der Waals surface area contributed by atoms with Gasteiger partial charge in [-0.1, -0.05) is 12.1 Å². The average Bonchev–Trinajstić information content (AvgIpc) is 3.04. The lowest BCUT2D eigenvalue weighted by Crippen LogP contribution is -2.64. The van der Waals surface area contributed by atoms with E-state index in [0.717, 1.165) is 0 Å². The van der Waals surface area contributed by atoms with Crippen LogP contribution in [0.5, 0.6) is 0 Å². The van der Waals surface area contributed by atoms with E-state index in [1.165, 1.54) is 16.9 Å². The maximum atomic E-state index is 13.3. The number of carbonyl (C=O) groups is 4. The summed E-state index contributed by atoms with van der Waals surface area (Å²) in [6, 6.07) is 6.91. The van der Waals surface area contributed by atoms with E-state index in [9.17, 15) is 19.2 Å². The lowest BCUT2D eigenvalue weighted by molar-refractivity contribution is -0.149. The minimum Gasteiger partial charge on any atom is -0.465 e. The van der Waals surface area contributed by atoms with Gasteiger partial charge in [0.05, 0.1) is 24.5 Å². The molecule has 1 aromatic carbocycles. The zero-order valence-corrected chi connectivity index (χ0v) is 17.6. The predicted octanol–water partition coefficient (Wildman–Crippen LogP) is 1.02. The molecule has 1 saturated heterocycles. The molecule has 3 rings (SSSR count). The Labute approximate surface area is 175 Å². The van der Waals surface area contributed by atoms with E-state index in [2.05, 4.69) is 0 Å². The number of esters is 1. The summed E-state index contributed by atoms with van der Waals surface area (Å²) in [5.41, 5.74) is 0.0144. The highest BCUT2D eigenvalue weighted by atomic mass is 16.5. The van der Waals surface area contributed by atoms with Crippen molar-refractivity contribution in [3.8, 4) is 0 Å². The standard InChI is InChI=1S/C21H27N3O6/c1-4-30-19(27)14-22(11-12-29-3)18(26)13-23-20(28)15-7-5-6-8-16(15)24-17(25)9-10-21(23,24)2/h5-8H,4,9-14H2,1-3H3. The molecule has 0 N–H and O–H groups in total. The van der Waals surface area contributed by atoms with Gasteiger partial charge in [0.1, 0.15) is 18.8 Å². The third kappa shape index (κ3) is 3.89. The van der Waals surface area contributed by atoms with Crippen LogP contribution in [-0.4, -0.2) is 79.1 Å². The number of para-hydroxylation sites is 1. The molecule has 9 nitrogen and oxygen atoms in total. The lowest BCUT2D eigenvalue weighted by atomic mass is 9.98. The minimum atomic E-state index is -0.935. The molecule has 30 heavy (non-hydrogen) atoms. The maximum Gasteiger partial charge on any atom is 0.325 e. The number of ether oxygens (including phenoxy) is 2. The van der Waals surface area contributed by atoms with Gasteiger partial charge in [0.25, 0.3) is 5.91 Å². The van der Waals surface area contributed by atoms with E-state index in [-0.39, 0.29) is 44.7 Å². The number of carbonyl (C=O) groups excluding carboxylic acids is 4. The highest BCUT2D eigenvalue weighted by Gasteiger charge is 2.53. The molecule has 1 fully saturated rings. The summed E-state index contributed by atoms with van der Waals surface area (Å²) in [6.45, 7) is 3.64. The third-order valence-electron chi connectivity index (χ3n) is 5.58. The number of methoxy groups -OCH3 is 1. The van der Waals surface area contributed by atoms with Crippen LogP contribution in [0.4, 0.5) is 5.69 Å². The van der Waals surface area contributed by atoms with Crippen LogP contribution in [0.3, 0.4) is 0 Å². The summed E-state index contributed by atoms with van der Waals surface area (Å²) >= 11 is 0. The highest BCUT2D eigenvalue weighted by molar-refractivity contribution is 6.11. The number of nitrogens with zero attached hydrogens (tertiary/aromatic N) is 3. The Morgan fingerprint density at radius 2 is 1.97 bits per heavy atom. The number of benzene rings is 1. The van der Waals surface area contributed by atoms with Crippen LogP contribution in [0, 0.1) is 0 Å². The summed E-state index contributed by atoms with van der Waals surface area (Å²) in [6.07, 6.45) is 0.716. The van der Waals surface area contributed by atoms with Gasteiger partial charge in [-0.05, 0) is 32.4 Å². The molecule has 0 spiro atoms. The fourth-order valence-electron chi connectivity index (χ4n) is 4.03. The monoisotopic (exact) mass is 417 g/mol. The van der Waals surface area contributed by atoms with Gasteiger partial charge in [-0.25, -0.2) is 0 Å². The quantitative estimate of drug-likeness (QED) is 0.586. The van der Waals surface area contributed by atoms with Gasteiger partial charge in [0.2, 0.25) is 11.8 Å². The molecule has 2 aliphatic heterocycles. The van der Waals surface area contributed by atoms with Crippen molar-refractivity contribution in [2.45, 2.75) is 32.4 Å². The molecule has 1 atom stereocenters. The molecule has 0 saturated carbocycles. The normalized spacial score (nSPS) is 20.1. The molecule has 162 valence electrons. The van der Waals surface area contributed by atoms with Crippen LogP contribution in [0.1, 0.15) is 37.0 Å². The molecule has 3 amide bonds. The Bertz CT molecular complexity index is 857. The first-order valence-electron chi connectivity index (χ1n) is 10.00. The van der Waals surface area contributed by atoms with E-state index in [4.69, 9.17) is 9.47 Å².